The Balaban J connectivity index is 0.879. The highest BCUT2D eigenvalue weighted by Gasteiger charge is 2.15. The number of nitriles is 3. The number of thiophene rings is 6. The first-order valence-electron chi connectivity index (χ1n) is 24.7. The summed E-state index contributed by atoms with van der Waals surface area (Å²) in [5.41, 5.74) is 5.11. The number of hydrogen-bond donors (Lipinski definition) is 3. The molecule has 9 aromatic rings. The molecule has 6 aromatic heterocycles. The smallest absolute Gasteiger partial charge is 0.346 e. The Labute approximate surface area is 496 Å². The lowest BCUT2D eigenvalue weighted by Gasteiger charge is -2.26. The Morgan fingerprint density at radius 2 is 0.537 bits per heavy atom. The largest absolute Gasteiger partial charge is 0.477 e. The molecular weight excluding hydrogens is 1140 g/mol. The second-order valence-corrected chi connectivity index (χ2v) is 24.1. The molecule has 0 saturated carbocycles. The van der Waals surface area contributed by atoms with E-state index in [-0.39, 0.29) is 16.7 Å². The zero-order valence-electron chi connectivity index (χ0n) is 42.8. The molecule has 0 saturated heterocycles. The molecule has 9 rings (SSSR count). The molecule has 16 heteroatoms. The quantitative estimate of drug-likeness (QED) is 0.0355. The van der Waals surface area contributed by atoms with Gasteiger partial charge >= 0.3 is 17.9 Å². The zero-order valence-corrected chi connectivity index (χ0v) is 47.7. The maximum absolute atomic E-state index is 11.3. The van der Waals surface area contributed by atoms with Gasteiger partial charge in [0.15, 0.2) is 0 Å². The Morgan fingerprint density at radius 1 is 0.317 bits per heavy atom. The zero-order chi connectivity index (χ0) is 57.4. The third-order valence-corrected chi connectivity index (χ3v) is 18.7. The molecule has 0 bridgehead atoms. The summed E-state index contributed by atoms with van der Waals surface area (Å²) in [6, 6.07) is 53.9. The highest BCUT2D eigenvalue weighted by Crippen LogP contribution is 2.39. The van der Waals surface area contributed by atoms with Crippen LogP contribution in [0.5, 0.6) is 0 Å². The summed E-state index contributed by atoms with van der Waals surface area (Å²) in [6.45, 7) is 0. The maximum Gasteiger partial charge on any atom is 0.346 e. The summed E-state index contributed by atoms with van der Waals surface area (Å²) in [5, 5.41) is 55.1. The molecule has 0 fully saturated rings. The molecule has 3 aromatic carbocycles. The summed E-state index contributed by atoms with van der Waals surface area (Å²) >= 11 is 9.18. The minimum Gasteiger partial charge on any atom is -0.477 e. The van der Waals surface area contributed by atoms with Crippen molar-refractivity contribution in [2.75, 3.05) is 4.90 Å². The molecule has 3 N–H and O–H groups in total. The van der Waals surface area contributed by atoms with Gasteiger partial charge in [0.25, 0.3) is 0 Å². The molecule has 0 aliphatic rings. The van der Waals surface area contributed by atoms with Crippen molar-refractivity contribution in [2.24, 2.45) is 0 Å². The second-order valence-electron chi connectivity index (χ2n) is 17.4. The Morgan fingerprint density at radius 3 is 0.768 bits per heavy atom. The minimum atomic E-state index is -1.25. The Bertz CT molecular complexity index is 3800. The number of carboxylic acids is 3. The summed E-state index contributed by atoms with van der Waals surface area (Å²) in [4.78, 5) is 47.5. The third-order valence-electron chi connectivity index (χ3n) is 11.8. The topological polar surface area (TPSA) is 187 Å². The van der Waals surface area contributed by atoms with Crippen LogP contribution in [0.15, 0.2) is 199 Å². The van der Waals surface area contributed by atoms with Crippen molar-refractivity contribution in [2.45, 2.75) is 0 Å². The van der Waals surface area contributed by atoms with E-state index in [0.29, 0.717) is 14.6 Å². The Kier molecular flexibility index (Phi) is 19.0. The third kappa shape index (κ3) is 15.1. The highest BCUT2D eigenvalue weighted by molar-refractivity contribution is 7.24. The number of hydrogen-bond acceptors (Lipinski definition) is 13. The van der Waals surface area contributed by atoms with Crippen LogP contribution >= 0.6 is 68.0 Å². The van der Waals surface area contributed by atoms with E-state index in [1.54, 1.807) is 52.2 Å². The van der Waals surface area contributed by atoms with Crippen LogP contribution in [-0.4, -0.2) is 33.2 Å². The average Bonchev–Trinajstić information content (AvgIpc) is 4.39. The van der Waals surface area contributed by atoms with Crippen LogP contribution in [0.1, 0.15) is 46.0 Å². The number of carbonyl (C=O) groups is 3. The predicted octanol–water partition coefficient (Wildman–Crippen LogP) is 18.7. The first-order chi connectivity index (χ1) is 39.9. The number of carboxylic acid groups (broad SMARTS) is 3. The van der Waals surface area contributed by atoms with Crippen LogP contribution in [0.25, 0.3) is 83.9 Å². The lowest BCUT2D eigenvalue weighted by molar-refractivity contribution is -0.133. The van der Waals surface area contributed by atoms with Crippen molar-refractivity contribution in [3.05, 3.63) is 245 Å². The van der Waals surface area contributed by atoms with E-state index < -0.39 is 17.9 Å². The van der Waals surface area contributed by atoms with Crippen LogP contribution in [0.3, 0.4) is 0 Å². The van der Waals surface area contributed by atoms with Gasteiger partial charge in [0, 0.05) is 75.6 Å². The van der Waals surface area contributed by atoms with Crippen LogP contribution in [0.4, 0.5) is 17.1 Å². The molecule has 82 heavy (non-hydrogen) atoms. The molecule has 0 unspecified atom stereocenters. The van der Waals surface area contributed by atoms with E-state index >= 15 is 0 Å². The van der Waals surface area contributed by atoms with Gasteiger partial charge in [-0.3, -0.25) is 0 Å². The van der Waals surface area contributed by atoms with Crippen LogP contribution in [0.2, 0.25) is 0 Å². The van der Waals surface area contributed by atoms with Crippen molar-refractivity contribution in [3.63, 3.8) is 0 Å². The van der Waals surface area contributed by atoms with E-state index in [4.69, 9.17) is 15.8 Å². The molecule has 0 amide bonds. The standard InChI is InChI=1S/C66H42N4O6S6/c67-40-46(64(71)72)37-55-28-34-61(80-55)58-31-25-52(77-58)10-4-1-7-43-13-19-49(20-14-43)70(50-21-15-44(16-22-50)8-2-5-11-53-26-32-59(78-53)62-35-29-56(81-62)38-47(41-68)65(73)74)51-23-17-45(18-24-51)9-3-6-12-54-27-33-60(79-54)63-36-30-57(82-63)39-48(42-69)66(75)76/h1-39H,(H,71,72)(H,73,74)(H,75,76)/b7-1+,8-2+,9-3+,10-4+,11-5+,12-6+,46-37-,47-38-,48-39-. The average molecular weight is 1180 g/mol. The van der Waals surface area contributed by atoms with Crippen molar-refractivity contribution in [3.8, 4) is 47.5 Å². The normalized spacial score (nSPS) is 12.3. The molecule has 6 heterocycles. The van der Waals surface area contributed by atoms with E-state index in [9.17, 15) is 29.7 Å². The molecular formula is C66H42N4O6S6. The van der Waals surface area contributed by atoms with Gasteiger partial charge in [0.2, 0.25) is 0 Å². The molecule has 10 nitrogen and oxygen atoms in total. The number of anilines is 3. The van der Waals surface area contributed by atoms with Gasteiger partial charge in [-0.25, -0.2) is 14.4 Å². The number of benzene rings is 3. The highest BCUT2D eigenvalue weighted by atomic mass is 32.1. The van der Waals surface area contributed by atoms with Gasteiger partial charge in [-0.1, -0.05) is 91.1 Å². The summed E-state index contributed by atoms with van der Waals surface area (Å²) in [5.74, 6) is -3.74. The van der Waals surface area contributed by atoms with Crippen LogP contribution < -0.4 is 4.90 Å². The Hall–Kier alpha value is -9.80. The lowest BCUT2D eigenvalue weighted by Crippen LogP contribution is -2.09. The lowest BCUT2D eigenvalue weighted by atomic mass is 10.1. The summed E-state index contributed by atoms with van der Waals surface area (Å²) in [6.07, 6.45) is 28.5. The summed E-state index contributed by atoms with van der Waals surface area (Å²) < 4.78 is 0. The van der Waals surface area contributed by atoms with Gasteiger partial charge in [-0.15, -0.1) is 68.0 Å². The molecule has 0 radical (unpaired) electrons. The van der Waals surface area contributed by atoms with E-state index in [0.717, 1.165) is 77.6 Å². The van der Waals surface area contributed by atoms with Crippen molar-refractivity contribution >= 4 is 158 Å². The van der Waals surface area contributed by atoms with Crippen LogP contribution in [0, 0.1) is 34.0 Å². The van der Waals surface area contributed by atoms with E-state index in [1.807, 2.05) is 127 Å². The van der Waals surface area contributed by atoms with Gasteiger partial charge in [-0.05, 0) is 162 Å². The van der Waals surface area contributed by atoms with Crippen molar-refractivity contribution < 1.29 is 29.7 Å². The van der Waals surface area contributed by atoms with Gasteiger partial charge in [0.1, 0.15) is 34.9 Å². The molecule has 0 aliphatic carbocycles. The van der Waals surface area contributed by atoms with E-state index in [2.05, 4.69) is 95.9 Å². The fourth-order valence-electron chi connectivity index (χ4n) is 7.87. The first-order valence-corrected chi connectivity index (χ1v) is 29.6. The molecule has 0 spiro atoms. The maximum atomic E-state index is 11.3. The first kappa shape index (κ1) is 56.9. The fraction of sp³-hybridized carbons (Fsp3) is 0. The SMILES string of the molecule is N#C/C(=C/c1ccc(-c2ccc(/C=C/C=C/c3ccc(N(c4ccc(/C=C/C=C/c5ccc(-c6ccc(/C=C(/C#N)C(=O)O)s6)s5)cc4)c4ccc(/C=C/C=C/c5ccc(-c6ccc(/C=C(/C#N)C(=O)O)s6)s5)cc4)cc3)s2)s1)C(=O)O. The monoisotopic (exact) mass is 1180 g/mol. The predicted molar refractivity (Wildman–Crippen MR) is 342 cm³/mol. The number of allylic oxidation sites excluding steroid dienone is 6. The fourth-order valence-corrected chi connectivity index (χ4v) is 13.8. The molecule has 398 valence electrons. The van der Waals surface area contributed by atoms with Gasteiger partial charge in [-0.2, -0.15) is 15.8 Å². The van der Waals surface area contributed by atoms with Gasteiger partial charge < -0.3 is 20.2 Å². The molecule has 0 aliphatic heterocycles. The second kappa shape index (κ2) is 27.4. The number of nitrogens with zero attached hydrogens (tertiary/aromatic N) is 4. The molecule has 0 atom stereocenters. The number of aliphatic carboxylic acids is 3. The summed E-state index contributed by atoms with van der Waals surface area (Å²) in [7, 11) is 0. The minimum absolute atomic E-state index is 0.301. The van der Waals surface area contributed by atoms with Crippen molar-refractivity contribution in [1.29, 1.82) is 15.8 Å². The van der Waals surface area contributed by atoms with Crippen molar-refractivity contribution in [1.82, 2.24) is 0 Å². The number of rotatable bonds is 21. The van der Waals surface area contributed by atoms with E-state index in [1.165, 1.54) is 52.2 Å². The van der Waals surface area contributed by atoms with Crippen LogP contribution in [-0.2, 0) is 14.4 Å². The van der Waals surface area contributed by atoms with Gasteiger partial charge in [0.05, 0.1) is 0 Å².